The summed E-state index contributed by atoms with van der Waals surface area (Å²) in [7, 11) is 0. The average molecular weight is 490 g/mol. The predicted octanol–water partition coefficient (Wildman–Crippen LogP) is 4.34. The fourth-order valence-electron chi connectivity index (χ4n) is 4.25. The lowest BCUT2D eigenvalue weighted by Crippen LogP contribution is -2.36. The quantitative estimate of drug-likeness (QED) is 0.502. The second-order valence-corrected chi connectivity index (χ2v) is 9.50. The molecule has 0 radical (unpaired) electrons. The van der Waals surface area contributed by atoms with Gasteiger partial charge in [-0.25, -0.2) is 0 Å². The van der Waals surface area contributed by atoms with Crippen LogP contribution in [-0.4, -0.2) is 47.8 Å². The third-order valence-corrected chi connectivity index (χ3v) is 6.93. The molecule has 9 heteroatoms. The third-order valence-electron chi connectivity index (χ3n) is 6.06. The number of amides is 4. The second-order valence-electron chi connectivity index (χ2n) is 8.55. The number of rotatable bonds is 6. The number of thiophene rings is 1. The van der Waals surface area contributed by atoms with Gasteiger partial charge in [-0.2, -0.15) is 0 Å². The molecule has 178 valence electrons. The summed E-state index contributed by atoms with van der Waals surface area (Å²) in [6.07, 6.45) is 1.57. The van der Waals surface area contributed by atoms with Crippen LogP contribution in [0.25, 0.3) is 0 Å². The van der Waals surface area contributed by atoms with Gasteiger partial charge in [0, 0.05) is 12.2 Å². The molecule has 2 N–H and O–H groups in total. The van der Waals surface area contributed by atoms with Crippen molar-refractivity contribution in [3.63, 3.8) is 0 Å². The Bertz CT molecular complexity index is 1330. The Morgan fingerprint density at radius 1 is 1.00 bits per heavy atom. The molecule has 4 amide bonds. The van der Waals surface area contributed by atoms with Crippen LogP contribution >= 0.6 is 11.3 Å². The van der Waals surface area contributed by atoms with Crippen LogP contribution < -0.4 is 10.6 Å². The van der Waals surface area contributed by atoms with E-state index in [9.17, 15) is 19.2 Å². The highest BCUT2D eigenvalue weighted by molar-refractivity contribution is 7.12. The Kier molecular flexibility index (Phi) is 6.19. The van der Waals surface area contributed by atoms with E-state index < -0.39 is 11.8 Å². The number of nitrogens with zero attached hydrogens (tertiary/aromatic N) is 1. The predicted molar refractivity (Wildman–Crippen MR) is 132 cm³/mol. The summed E-state index contributed by atoms with van der Waals surface area (Å²) in [5.74, 6) is -1.52. The molecule has 3 heterocycles. The van der Waals surface area contributed by atoms with Gasteiger partial charge in [-0.05, 0) is 67.1 Å². The topological polar surface area (TPSA) is 105 Å². The van der Waals surface area contributed by atoms with E-state index in [4.69, 9.17) is 4.74 Å². The number of benzene rings is 2. The second kappa shape index (κ2) is 9.44. The highest BCUT2D eigenvalue weighted by atomic mass is 32.1. The standard InChI is InChI=1S/C26H23N3O5S/c1-15-6-9-20(27-24(31)22-5-3-11-35-22)21(12-15)28-23(30)16-7-8-18-19(13-16)26(33)29(25(18)32)14-17-4-2-10-34-17/h3,5-9,11-13,17H,2,4,10,14H2,1H3,(H,27,31)(H,28,30). The Hall–Kier alpha value is -3.82. The maximum Gasteiger partial charge on any atom is 0.265 e. The molecule has 2 aliphatic heterocycles. The third kappa shape index (κ3) is 4.60. The van der Waals surface area contributed by atoms with Crippen molar-refractivity contribution in [2.24, 2.45) is 0 Å². The summed E-state index contributed by atoms with van der Waals surface area (Å²) in [6.45, 7) is 2.72. The molecule has 0 spiro atoms. The Morgan fingerprint density at radius 3 is 2.54 bits per heavy atom. The van der Waals surface area contributed by atoms with Gasteiger partial charge in [0.1, 0.15) is 0 Å². The normalized spacial score (nSPS) is 16.9. The molecule has 1 aromatic heterocycles. The fraction of sp³-hybridized carbons (Fsp3) is 0.231. The van der Waals surface area contributed by atoms with Crippen molar-refractivity contribution in [1.82, 2.24) is 4.90 Å². The Balaban J connectivity index is 1.35. The van der Waals surface area contributed by atoms with Crippen LogP contribution in [0.1, 0.15) is 59.2 Å². The molecule has 5 rings (SSSR count). The van der Waals surface area contributed by atoms with Gasteiger partial charge in [-0.3, -0.25) is 24.1 Å². The summed E-state index contributed by atoms with van der Waals surface area (Å²) >= 11 is 1.32. The molecule has 1 saturated heterocycles. The largest absolute Gasteiger partial charge is 0.376 e. The van der Waals surface area contributed by atoms with E-state index in [2.05, 4.69) is 10.6 Å². The summed E-state index contributed by atoms with van der Waals surface area (Å²) in [6, 6.07) is 13.3. The minimum Gasteiger partial charge on any atom is -0.376 e. The van der Waals surface area contributed by atoms with Crippen molar-refractivity contribution in [2.75, 3.05) is 23.8 Å². The van der Waals surface area contributed by atoms with Crippen LogP contribution in [0.4, 0.5) is 11.4 Å². The molecule has 0 bridgehead atoms. The molecule has 3 aromatic rings. The number of carbonyl (C=O) groups is 4. The van der Waals surface area contributed by atoms with Crippen molar-refractivity contribution in [3.8, 4) is 0 Å². The molecule has 2 aliphatic rings. The first-order chi connectivity index (χ1) is 16.9. The van der Waals surface area contributed by atoms with Gasteiger partial charge in [0.05, 0.1) is 40.0 Å². The van der Waals surface area contributed by atoms with Gasteiger partial charge in [-0.15, -0.1) is 11.3 Å². The van der Waals surface area contributed by atoms with Crippen LogP contribution in [0.2, 0.25) is 0 Å². The first kappa shape index (κ1) is 22.9. The monoisotopic (exact) mass is 489 g/mol. The number of nitrogens with one attached hydrogen (secondary N) is 2. The Morgan fingerprint density at radius 2 is 1.80 bits per heavy atom. The zero-order valence-electron chi connectivity index (χ0n) is 19.0. The number of anilines is 2. The number of hydrogen-bond donors (Lipinski definition) is 2. The zero-order valence-corrected chi connectivity index (χ0v) is 19.8. The van der Waals surface area contributed by atoms with E-state index in [1.54, 1.807) is 24.3 Å². The van der Waals surface area contributed by atoms with Crippen molar-refractivity contribution >= 4 is 46.3 Å². The van der Waals surface area contributed by atoms with Crippen LogP contribution in [0, 0.1) is 6.92 Å². The highest BCUT2D eigenvalue weighted by Gasteiger charge is 2.38. The maximum atomic E-state index is 13.1. The van der Waals surface area contributed by atoms with Gasteiger partial charge in [0.2, 0.25) is 0 Å². The number of hydrogen-bond acceptors (Lipinski definition) is 6. The summed E-state index contributed by atoms with van der Waals surface area (Å²) in [5, 5.41) is 7.47. The van der Waals surface area contributed by atoms with Gasteiger partial charge >= 0.3 is 0 Å². The lowest BCUT2D eigenvalue weighted by molar-refractivity contribution is 0.0475. The molecule has 1 unspecified atom stereocenters. The smallest absolute Gasteiger partial charge is 0.265 e. The molecule has 35 heavy (non-hydrogen) atoms. The van der Waals surface area contributed by atoms with E-state index in [0.29, 0.717) is 22.9 Å². The first-order valence-corrected chi connectivity index (χ1v) is 12.2. The minimum atomic E-state index is -0.456. The minimum absolute atomic E-state index is 0.149. The van der Waals surface area contributed by atoms with Crippen LogP contribution in [0.15, 0.2) is 53.9 Å². The molecule has 0 aliphatic carbocycles. The van der Waals surface area contributed by atoms with Crippen molar-refractivity contribution in [1.29, 1.82) is 0 Å². The SMILES string of the molecule is Cc1ccc(NC(=O)c2cccs2)c(NC(=O)c2ccc3c(c2)C(=O)N(CC2CCCO2)C3=O)c1. The van der Waals surface area contributed by atoms with E-state index in [1.165, 1.54) is 34.4 Å². The molecule has 1 fully saturated rings. The van der Waals surface area contributed by atoms with E-state index in [1.807, 2.05) is 18.4 Å². The van der Waals surface area contributed by atoms with Crippen LogP contribution in [0.5, 0.6) is 0 Å². The molecular weight excluding hydrogens is 466 g/mol. The molecule has 0 saturated carbocycles. The van der Waals surface area contributed by atoms with E-state index in [0.717, 1.165) is 18.4 Å². The lowest BCUT2D eigenvalue weighted by Gasteiger charge is -2.17. The molecule has 8 nitrogen and oxygen atoms in total. The van der Waals surface area contributed by atoms with Crippen LogP contribution in [0.3, 0.4) is 0 Å². The van der Waals surface area contributed by atoms with Crippen molar-refractivity contribution in [3.05, 3.63) is 81.0 Å². The van der Waals surface area contributed by atoms with Gasteiger partial charge in [0.15, 0.2) is 0 Å². The zero-order chi connectivity index (χ0) is 24.5. The number of carbonyl (C=O) groups excluding carboxylic acids is 4. The highest BCUT2D eigenvalue weighted by Crippen LogP contribution is 2.28. The van der Waals surface area contributed by atoms with Crippen LogP contribution in [-0.2, 0) is 4.74 Å². The van der Waals surface area contributed by atoms with Gasteiger partial charge in [0.25, 0.3) is 23.6 Å². The summed E-state index contributed by atoms with van der Waals surface area (Å²) in [5.41, 5.74) is 2.51. The Labute approximate surface area is 205 Å². The van der Waals surface area contributed by atoms with Crippen molar-refractivity contribution in [2.45, 2.75) is 25.9 Å². The summed E-state index contributed by atoms with van der Waals surface area (Å²) in [4.78, 5) is 53.0. The molecule has 1 atom stereocenters. The number of imide groups is 1. The molecular formula is C26H23N3O5S. The van der Waals surface area contributed by atoms with E-state index >= 15 is 0 Å². The van der Waals surface area contributed by atoms with Gasteiger partial charge < -0.3 is 15.4 Å². The van der Waals surface area contributed by atoms with Gasteiger partial charge in [-0.1, -0.05) is 12.1 Å². The number of fused-ring (bicyclic) bond motifs is 1. The van der Waals surface area contributed by atoms with Crippen molar-refractivity contribution < 1.29 is 23.9 Å². The number of ether oxygens (including phenoxy) is 1. The summed E-state index contributed by atoms with van der Waals surface area (Å²) < 4.78 is 5.57. The number of aryl methyl sites for hydroxylation is 1. The first-order valence-electron chi connectivity index (χ1n) is 11.3. The maximum absolute atomic E-state index is 13.1. The molecule has 2 aromatic carbocycles. The average Bonchev–Trinajstić information content (AvgIpc) is 3.61. The lowest BCUT2D eigenvalue weighted by atomic mass is 10.0. The van der Waals surface area contributed by atoms with E-state index in [-0.39, 0.29) is 41.2 Å². The fourth-order valence-corrected chi connectivity index (χ4v) is 4.87.